The van der Waals surface area contributed by atoms with Crippen molar-refractivity contribution >= 4 is 34.6 Å². The zero-order valence-electron chi connectivity index (χ0n) is 16.2. The fourth-order valence-electron chi connectivity index (χ4n) is 2.79. The van der Waals surface area contributed by atoms with Crippen molar-refractivity contribution in [2.24, 2.45) is 0 Å². The lowest BCUT2D eigenvalue weighted by atomic mass is 10.1. The van der Waals surface area contributed by atoms with E-state index in [1.807, 2.05) is 6.92 Å². The van der Waals surface area contributed by atoms with E-state index < -0.39 is 11.3 Å². The number of hydrogen-bond acceptors (Lipinski definition) is 7. The van der Waals surface area contributed by atoms with Gasteiger partial charge in [0.1, 0.15) is 5.75 Å². The molecule has 0 unspecified atom stereocenters. The van der Waals surface area contributed by atoms with Gasteiger partial charge in [0.05, 0.1) is 25.3 Å². The van der Waals surface area contributed by atoms with E-state index in [0.29, 0.717) is 18.8 Å². The summed E-state index contributed by atoms with van der Waals surface area (Å²) in [5.74, 6) is 0.0401. The van der Waals surface area contributed by atoms with Crippen LogP contribution in [0.5, 0.6) is 5.75 Å². The van der Waals surface area contributed by atoms with Crippen LogP contribution >= 0.6 is 11.8 Å². The van der Waals surface area contributed by atoms with Crippen LogP contribution in [0.2, 0.25) is 0 Å². The van der Waals surface area contributed by atoms with Gasteiger partial charge in [0.15, 0.2) is 5.37 Å². The molecule has 0 spiro atoms. The van der Waals surface area contributed by atoms with E-state index >= 15 is 0 Å². The first-order valence-electron chi connectivity index (χ1n) is 9.29. The summed E-state index contributed by atoms with van der Waals surface area (Å²) in [6, 6.07) is 13.9. The van der Waals surface area contributed by atoms with Gasteiger partial charge in [-0.1, -0.05) is 12.1 Å². The lowest BCUT2D eigenvalue weighted by Crippen LogP contribution is -2.33. The van der Waals surface area contributed by atoms with E-state index in [9.17, 15) is 14.4 Å². The van der Waals surface area contributed by atoms with Crippen molar-refractivity contribution in [1.29, 1.82) is 0 Å². The fourth-order valence-corrected chi connectivity index (χ4v) is 3.70. The Morgan fingerprint density at radius 2 is 1.72 bits per heavy atom. The predicted molar refractivity (Wildman–Crippen MR) is 111 cm³/mol. The van der Waals surface area contributed by atoms with Crippen molar-refractivity contribution in [1.82, 2.24) is 4.90 Å². The highest BCUT2D eigenvalue weighted by Crippen LogP contribution is 2.30. The van der Waals surface area contributed by atoms with Crippen LogP contribution in [0.1, 0.15) is 29.8 Å². The van der Waals surface area contributed by atoms with Gasteiger partial charge in [0.25, 0.3) is 11.1 Å². The van der Waals surface area contributed by atoms with Gasteiger partial charge in [0, 0.05) is 5.69 Å². The number of rotatable bonds is 8. The SMILES string of the molecule is CCOC(=O)c1ccc(CN2C(=O)S[C@@H](Nc3ccc(OCC)cc3)C2=O)cc1. The number of thioether (sulfide) groups is 1. The van der Waals surface area contributed by atoms with Crippen LogP contribution in [0.15, 0.2) is 48.5 Å². The van der Waals surface area contributed by atoms with Gasteiger partial charge in [-0.2, -0.15) is 0 Å². The van der Waals surface area contributed by atoms with E-state index in [1.54, 1.807) is 55.5 Å². The molecule has 2 aromatic carbocycles. The lowest BCUT2D eigenvalue weighted by molar-refractivity contribution is -0.126. The Labute approximate surface area is 173 Å². The second-order valence-electron chi connectivity index (χ2n) is 6.21. The number of imide groups is 1. The number of anilines is 1. The molecule has 29 heavy (non-hydrogen) atoms. The summed E-state index contributed by atoms with van der Waals surface area (Å²) in [5.41, 5.74) is 1.91. The van der Waals surface area contributed by atoms with Crippen molar-refractivity contribution in [3.63, 3.8) is 0 Å². The second-order valence-corrected chi connectivity index (χ2v) is 7.26. The Kier molecular flexibility index (Phi) is 6.77. The normalized spacial score (nSPS) is 16.1. The molecule has 1 aliphatic rings. The van der Waals surface area contributed by atoms with Gasteiger partial charge in [-0.15, -0.1) is 0 Å². The van der Waals surface area contributed by atoms with Gasteiger partial charge in [-0.3, -0.25) is 14.5 Å². The number of nitrogens with zero attached hydrogens (tertiary/aromatic N) is 1. The molecule has 0 aliphatic carbocycles. The van der Waals surface area contributed by atoms with Crippen molar-refractivity contribution in [2.45, 2.75) is 25.8 Å². The first-order valence-corrected chi connectivity index (χ1v) is 10.2. The molecule has 2 amide bonds. The molecule has 1 heterocycles. The zero-order chi connectivity index (χ0) is 20.8. The molecule has 2 aromatic rings. The van der Waals surface area contributed by atoms with Gasteiger partial charge in [-0.05, 0) is 67.6 Å². The molecule has 7 nitrogen and oxygen atoms in total. The highest BCUT2D eigenvalue weighted by atomic mass is 32.2. The van der Waals surface area contributed by atoms with Crippen LogP contribution in [0.25, 0.3) is 0 Å². The van der Waals surface area contributed by atoms with Gasteiger partial charge in [0.2, 0.25) is 0 Å². The zero-order valence-corrected chi connectivity index (χ0v) is 17.0. The third-order valence-corrected chi connectivity index (χ3v) is 5.18. The molecule has 0 saturated carbocycles. The van der Waals surface area contributed by atoms with E-state index in [2.05, 4.69) is 5.32 Å². The molecular formula is C21H22N2O5S. The van der Waals surface area contributed by atoms with Crippen LogP contribution < -0.4 is 10.1 Å². The number of ether oxygens (including phenoxy) is 2. The second kappa shape index (κ2) is 9.47. The number of benzene rings is 2. The lowest BCUT2D eigenvalue weighted by Gasteiger charge is -2.15. The number of esters is 1. The maximum absolute atomic E-state index is 12.7. The van der Waals surface area contributed by atoms with E-state index in [1.165, 1.54) is 4.90 Å². The third kappa shape index (κ3) is 5.08. The molecule has 1 N–H and O–H groups in total. The van der Waals surface area contributed by atoms with Crippen LogP contribution in [0.3, 0.4) is 0 Å². The Morgan fingerprint density at radius 3 is 2.34 bits per heavy atom. The molecule has 0 radical (unpaired) electrons. The molecule has 0 bridgehead atoms. The monoisotopic (exact) mass is 414 g/mol. The Bertz CT molecular complexity index is 883. The molecule has 152 valence electrons. The molecule has 3 rings (SSSR count). The fraction of sp³-hybridized carbons (Fsp3) is 0.286. The minimum Gasteiger partial charge on any atom is -0.494 e. The van der Waals surface area contributed by atoms with Gasteiger partial charge in [-0.25, -0.2) is 4.79 Å². The number of amides is 2. The third-order valence-electron chi connectivity index (χ3n) is 4.20. The summed E-state index contributed by atoms with van der Waals surface area (Å²) >= 11 is 0.946. The Balaban J connectivity index is 1.62. The number of hydrogen-bond donors (Lipinski definition) is 1. The summed E-state index contributed by atoms with van der Waals surface area (Å²) < 4.78 is 10.3. The minimum atomic E-state index is -0.681. The highest BCUT2D eigenvalue weighted by molar-refractivity contribution is 8.15. The summed E-state index contributed by atoms with van der Waals surface area (Å²) in [5, 5.41) is 2.09. The van der Waals surface area contributed by atoms with Crippen LogP contribution in [0.4, 0.5) is 10.5 Å². The Morgan fingerprint density at radius 1 is 1.03 bits per heavy atom. The topological polar surface area (TPSA) is 84.9 Å². The molecule has 1 fully saturated rings. The number of carbonyl (C=O) groups is 3. The smallest absolute Gasteiger partial charge is 0.338 e. The first kappa shape index (κ1) is 20.7. The quantitative estimate of drug-likeness (QED) is 0.656. The van der Waals surface area contributed by atoms with E-state index in [4.69, 9.17) is 9.47 Å². The molecule has 1 saturated heterocycles. The van der Waals surface area contributed by atoms with Crippen molar-refractivity contribution < 1.29 is 23.9 Å². The minimum absolute atomic E-state index is 0.148. The van der Waals surface area contributed by atoms with E-state index in [-0.39, 0.29) is 17.7 Å². The maximum atomic E-state index is 12.7. The summed E-state index contributed by atoms with van der Waals surface area (Å²) in [6.07, 6.45) is 0. The molecule has 8 heteroatoms. The van der Waals surface area contributed by atoms with Gasteiger partial charge < -0.3 is 14.8 Å². The largest absolute Gasteiger partial charge is 0.494 e. The molecular weight excluding hydrogens is 392 g/mol. The van der Waals surface area contributed by atoms with Gasteiger partial charge >= 0.3 is 5.97 Å². The molecule has 1 atom stereocenters. The average Bonchev–Trinajstić information content (AvgIpc) is 2.98. The predicted octanol–water partition coefficient (Wildman–Crippen LogP) is 3.90. The summed E-state index contributed by atoms with van der Waals surface area (Å²) in [4.78, 5) is 37.9. The highest BCUT2D eigenvalue weighted by Gasteiger charge is 2.39. The van der Waals surface area contributed by atoms with Crippen molar-refractivity contribution in [2.75, 3.05) is 18.5 Å². The maximum Gasteiger partial charge on any atom is 0.338 e. The first-order chi connectivity index (χ1) is 14.0. The van der Waals surface area contributed by atoms with Crippen LogP contribution in [0, 0.1) is 0 Å². The molecule has 1 aliphatic heterocycles. The average molecular weight is 414 g/mol. The standard InChI is InChI=1S/C21H22N2O5S/c1-3-27-17-11-9-16(10-12-17)22-18-19(24)23(21(26)29-18)13-14-5-7-15(8-6-14)20(25)28-4-2/h5-12,18,22H,3-4,13H2,1-2H3/t18-/m1/s1. The summed E-state index contributed by atoms with van der Waals surface area (Å²) in [6.45, 7) is 4.68. The van der Waals surface area contributed by atoms with Crippen molar-refractivity contribution in [3.05, 3.63) is 59.7 Å². The van der Waals surface area contributed by atoms with Crippen LogP contribution in [-0.2, 0) is 16.1 Å². The number of carbonyl (C=O) groups excluding carboxylic acids is 3. The summed E-state index contributed by atoms with van der Waals surface area (Å²) in [7, 11) is 0. The molecule has 0 aromatic heterocycles. The Hall–Kier alpha value is -3.00. The van der Waals surface area contributed by atoms with Crippen molar-refractivity contribution in [3.8, 4) is 5.75 Å². The van der Waals surface area contributed by atoms with E-state index in [0.717, 1.165) is 28.8 Å². The number of nitrogens with one attached hydrogen (secondary N) is 1. The van der Waals surface area contributed by atoms with Crippen LogP contribution in [-0.4, -0.2) is 40.6 Å².